The second kappa shape index (κ2) is 7.48. The first-order valence-corrected chi connectivity index (χ1v) is 10.8. The van der Waals surface area contributed by atoms with Crippen LogP contribution in [0.25, 0.3) is 10.8 Å². The molecule has 1 aromatic heterocycles. The number of urea groups is 1. The van der Waals surface area contributed by atoms with Crippen LogP contribution in [-0.4, -0.2) is 28.4 Å². The first-order chi connectivity index (χ1) is 14.2. The summed E-state index contributed by atoms with van der Waals surface area (Å²) in [5.74, 6) is 0.230. The minimum Gasteiger partial charge on any atom is -0.334 e. The van der Waals surface area contributed by atoms with Crippen LogP contribution in [0, 0.1) is 5.92 Å². The smallest absolute Gasteiger partial charge is 0.318 e. The van der Waals surface area contributed by atoms with Crippen LogP contribution in [0.4, 0.5) is 9.93 Å². The third-order valence-corrected chi connectivity index (χ3v) is 6.50. The lowest BCUT2D eigenvalue weighted by molar-refractivity contribution is -0.117. The number of carbonyl (C=O) groups excluding carboxylic acids is 2. The van der Waals surface area contributed by atoms with Gasteiger partial charge in [0.2, 0.25) is 5.91 Å². The first kappa shape index (κ1) is 18.1. The molecule has 3 aromatic rings. The van der Waals surface area contributed by atoms with Gasteiger partial charge in [-0.3, -0.25) is 4.79 Å². The van der Waals surface area contributed by atoms with Crippen molar-refractivity contribution < 1.29 is 9.59 Å². The summed E-state index contributed by atoms with van der Waals surface area (Å²) in [6, 6.07) is 14.3. The van der Waals surface area contributed by atoms with E-state index in [1.54, 1.807) is 0 Å². The van der Waals surface area contributed by atoms with Gasteiger partial charge < -0.3 is 15.5 Å². The fourth-order valence-electron chi connectivity index (χ4n) is 3.70. The molecular weight excluding hydrogens is 384 g/mol. The summed E-state index contributed by atoms with van der Waals surface area (Å²) in [5, 5.41) is 8.97. The molecule has 0 radical (unpaired) electrons. The van der Waals surface area contributed by atoms with Crippen LogP contribution >= 0.6 is 11.3 Å². The van der Waals surface area contributed by atoms with Gasteiger partial charge in [-0.2, -0.15) is 0 Å². The maximum absolute atomic E-state index is 12.7. The Morgan fingerprint density at radius 2 is 1.97 bits per heavy atom. The van der Waals surface area contributed by atoms with E-state index in [9.17, 15) is 9.59 Å². The number of aromatic nitrogens is 1. The number of nitrogens with one attached hydrogen (secondary N) is 2. The van der Waals surface area contributed by atoms with Crippen LogP contribution in [0.15, 0.2) is 42.5 Å². The molecule has 2 heterocycles. The van der Waals surface area contributed by atoms with E-state index < -0.39 is 0 Å². The van der Waals surface area contributed by atoms with E-state index in [0.29, 0.717) is 31.2 Å². The lowest BCUT2D eigenvalue weighted by Gasteiger charge is -2.26. The van der Waals surface area contributed by atoms with Crippen molar-refractivity contribution in [2.75, 3.05) is 11.9 Å². The Hall–Kier alpha value is -2.93. The van der Waals surface area contributed by atoms with Crippen molar-refractivity contribution in [3.8, 4) is 0 Å². The zero-order chi connectivity index (χ0) is 19.8. The fourth-order valence-corrected chi connectivity index (χ4v) is 4.73. The molecule has 2 aliphatic rings. The SMILES string of the molecule is O=C(Nc1nc2c(s1)CN(C(=O)NCc1cccc3ccccc13)CC2)C1CC1. The average Bonchev–Trinajstić information content (AvgIpc) is 3.52. The molecule has 0 saturated heterocycles. The molecular formula is C22H22N4O2S. The molecule has 0 spiro atoms. The van der Waals surface area contributed by atoms with E-state index >= 15 is 0 Å². The van der Waals surface area contributed by atoms with Crippen molar-refractivity contribution in [3.63, 3.8) is 0 Å². The second-order valence-corrected chi connectivity index (χ2v) is 8.70. The summed E-state index contributed by atoms with van der Waals surface area (Å²) in [7, 11) is 0. The summed E-state index contributed by atoms with van der Waals surface area (Å²) < 4.78 is 0. The molecule has 148 valence electrons. The van der Waals surface area contributed by atoms with Crippen LogP contribution < -0.4 is 10.6 Å². The monoisotopic (exact) mass is 406 g/mol. The summed E-state index contributed by atoms with van der Waals surface area (Å²) in [5.41, 5.74) is 2.11. The highest BCUT2D eigenvalue weighted by Gasteiger charge is 2.31. The second-order valence-electron chi connectivity index (χ2n) is 7.62. The van der Waals surface area contributed by atoms with Crippen LogP contribution in [0.1, 0.15) is 29.0 Å². The fraction of sp³-hybridized carbons (Fsp3) is 0.318. The van der Waals surface area contributed by atoms with Crippen LogP contribution in [0.5, 0.6) is 0 Å². The standard InChI is InChI=1S/C22H22N4O2S/c27-20(15-8-9-15)25-21-24-18-10-11-26(13-19(18)29-21)22(28)23-12-16-6-3-5-14-4-1-2-7-17(14)16/h1-7,15H,8-13H2,(H,23,28)(H,24,25,27). The van der Waals surface area contributed by atoms with Crippen LogP contribution in [-0.2, 0) is 24.3 Å². The number of hydrogen-bond acceptors (Lipinski definition) is 4. The van der Waals surface area contributed by atoms with Gasteiger partial charge >= 0.3 is 6.03 Å². The number of carbonyl (C=O) groups is 2. The van der Waals surface area contributed by atoms with Gasteiger partial charge in [0.05, 0.1) is 12.2 Å². The number of fused-ring (bicyclic) bond motifs is 2. The summed E-state index contributed by atoms with van der Waals surface area (Å²) in [4.78, 5) is 32.1. The lowest BCUT2D eigenvalue weighted by atomic mass is 10.0. The van der Waals surface area contributed by atoms with Crippen LogP contribution in [0.2, 0.25) is 0 Å². The van der Waals surface area contributed by atoms with Gasteiger partial charge in [0, 0.05) is 30.3 Å². The van der Waals surface area contributed by atoms with Gasteiger partial charge in [-0.1, -0.05) is 53.8 Å². The van der Waals surface area contributed by atoms with E-state index in [-0.39, 0.29) is 17.9 Å². The number of rotatable bonds is 4. The van der Waals surface area contributed by atoms with Crippen molar-refractivity contribution in [2.45, 2.75) is 32.4 Å². The van der Waals surface area contributed by atoms with Crippen molar-refractivity contribution in [1.82, 2.24) is 15.2 Å². The Kier molecular flexibility index (Phi) is 4.67. The van der Waals surface area contributed by atoms with Gasteiger partial charge in [-0.15, -0.1) is 0 Å². The van der Waals surface area contributed by atoms with E-state index in [0.717, 1.165) is 34.4 Å². The van der Waals surface area contributed by atoms with Gasteiger partial charge in [-0.05, 0) is 29.2 Å². The van der Waals surface area contributed by atoms with E-state index in [1.165, 1.54) is 16.7 Å². The molecule has 6 nitrogen and oxygen atoms in total. The maximum Gasteiger partial charge on any atom is 0.318 e. The minimum absolute atomic E-state index is 0.0689. The van der Waals surface area contributed by atoms with E-state index in [2.05, 4.69) is 39.9 Å². The third-order valence-electron chi connectivity index (χ3n) is 5.51. The number of anilines is 1. The third kappa shape index (κ3) is 3.82. The molecule has 29 heavy (non-hydrogen) atoms. The molecule has 0 bridgehead atoms. The van der Waals surface area contributed by atoms with Crippen molar-refractivity contribution in [3.05, 3.63) is 58.6 Å². The lowest BCUT2D eigenvalue weighted by Crippen LogP contribution is -2.42. The number of benzene rings is 2. The molecule has 7 heteroatoms. The maximum atomic E-state index is 12.7. The number of nitrogens with zero attached hydrogens (tertiary/aromatic N) is 2. The van der Waals surface area contributed by atoms with Gasteiger partial charge in [0.25, 0.3) is 0 Å². The van der Waals surface area contributed by atoms with Gasteiger partial charge in [0.15, 0.2) is 5.13 Å². The van der Waals surface area contributed by atoms with Crippen molar-refractivity contribution in [2.24, 2.45) is 5.92 Å². The molecule has 2 N–H and O–H groups in total. The topological polar surface area (TPSA) is 74.3 Å². The zero-order valence-electron chi connectivity index (χ0n) is 16.0. The molecule has 0 atom stereocenters. The Morgan fingerprint density at radius 3 is 2.83 bits per heavy atom. The highest BCUT2D eigenvalue weighted by atomic mass is 32.1. The molecule has 1 aliphatic carbocycles. The molecule has 0 unspecified atom stereocenters. The van der Waals surface area contributed by atoms with Crippen molar-refractivity contribution in [1.29, 1.82) is 0 Å². The number of hydrogen-bond donors (Lipinski definition) is 2. The minimum atomic E-state index is -0.0689. The Labute approximate surface area is 172 Å². The Morgan fingerprint density at radius 1 is 1.14 bits per heavy atom. The quantitative estimate of drug-likeness (QED) is 0.690. The van der Waals surface area contributed by atoms with Gasteiger partial charge in [-0.25, -0.2) is 9.78 Å². The van der Waals surface area contributed by atoms with Crippen molar-refractivity contribution >= 4 is 39.2 Å². The average molecular weight is 407 g/mol. The Bertz CT molecular complexity index is 1080. The van der Waals surface area contributed by atoms with Crippen LogP contribution in [0.3, 0.4) is 0 Å². The Balaban J connectivity index is 1.22. The number of thiazole rings is 1. The summed E-state index contributed by atoms with van der Waals surface area (Å²) >= 11 is 1.48. The molecule has 1 fully saturated rings. The molecule has 2 aromatic carbocycles. The highest BCUT2D eigenvalue weighted by Crippen LogP contribution is 2.33. The summed E-state index contributed by atoms with van der Waals surface area (Å²) in [6.07, 6.45) is 2.66. The van der Waals surface area contributed by atoms with E-state index in [4.69, 9.17) is 0 Å². The first-order valence-electron chi connectivity index (χ1n) is 9.96. The largest absolute Gasteiger partial charge is 0.334 e. The normalized spacial score (nSPS) is 15.8. The predicted molar refractivity (Wildman–Crippen MR) is 114 cm³/mol. The summed E-state index contributed by atoms with van der Waals surface area (Å²) in [6.45, 7) is 1.66. The molecule has 1 saturated carbocycles. The predicted octanol–water partition coefficient (Wildman–Crippen LogP) is 3.91. The number of amides is 3. The van der Waals surface area contributed by atoms with Gasteiger partial charge in [0.1, 0.15) is 0 Å². The zero-order valence-corrected chi connectivity index (χ0v) is 16.8. The molecule has 5 rings (SSSR count). The molecule has 3 amide bonds. The highest BCUT2D eigenvalue weighted by molar-refractivity contribution is 7.15. The van der Waals surface area contributed by atoms with E-state index in [1.807, 2.05) is 23.1 Å². The molecule has 1 aliphatic heterocycles.